The topological polar surface area (TPSA) is 112 Å². The molecule has 0 bridgehead atoms. The van der Waals surface area contributed by atoms with E-state index in [0.717, 1.165) is 18.8 Å². The van der Waals surface area contributed by atoms with Crippen LogP contribution in [0.15, 0.2) is 28.3 Å². The van der Waals surface area contributed by atoms with Crippen molar-refractivity contribution in [3.63, 3.8) is 0 Å². The second-order valence-electron chi connectivity index (χ2n) is 5.21. The first-order chi connectivity index (χ1) is 11.5. The molecule has 1 aromatic carbocycles. The van der Waals surface area contributed by atoms with Gasteiger partial charge >= 0.3 is 11.9 Å². The number of aliphatic imine (C=N–C) groups is 1. The smallest absolute Gasteiger partial charge is 0.321 e. The normalized spacial score (nSPS) is 15.2. The van der Waals surface area contributed by atoms with Crippen molar-refractivity contribution in [2.45, 2.75) is 20.8 Å². The van der Waals surface area contributed by atoms with Crippen molar-refractivity contribution in [1.82, 2.24) is 0 Å². The Balaban J connectivity index is 2.45. The van der Waals surface area contributed by atoms with Crippen LogP contribution in [0.1, 0.15) is 20.8 Å². The van der Waals surface area contributed by atoms with Crippen LogP contribution in [0.3, 0.4) is 0 Å². The van der Waals surface area contributed by atoms with Crippen LogP contribution in [0.4, 0.5) is 21.9 Å². The molecule has 1 aliphatic rings. The monoisotopic (exact) mass is 330 g/mol. The lowest BCUT2D eigenvalue weighted by Gasteiger charge is -2.22. The van der Waals surface area contributed by atoms with Gasteiger partial charge in [-0.05, 0) is 39.0 Å². The summed E-state index contributed by atoms with van der Waals surface area (Å²) in [4.78, 5) is 18.0. The molecule has 0 spiro atoms. The van der Waals surface area contributed by atoms with Crippen molar-refractivity contribution in [1.29, 1.82) is 0 Å². The minimum Gasteiger partial charge on any atom is -0.372 e. The Morgan fingerprint density at radius 2 is 2.04 bits per heavy atom. The van der Waals surface area contributed by atoms with Gasteiger partial charge in [-0.3, -0.25) is 5.73 Å². The maximum atomic E-state index is 11.3. The van der Waals surface area contributed by atoms with Crippen molar-refractivity contribution >= 4 is 40.9 Å². The van der Waals surface area contributed by atoms with Gasteiger partial charge < -0.3 is 16.0 Å². The lowest BCUT2D eigenvalue weighted by Crippen LogP contribution is -2.28. The van der Waals surface area contributed by atoms with Crippen LogP contribution in [0.5, 0.6) is 0 Å². The Morgan fingerprint density at radius 3 is 2.58 bits per heavy atom. The average Bonchev–Trinajstić information content (AvgIpc) is 2.90. The van der Waals surface area contributed by atoms with Crippen molar-refractivity contribution in [2.24, 2.45) is 21.6 Å². The van der Waals surface area contributed by atoms with Crippen molar-refractivity contribution in [3.8, 4) is 0 Å². The van der Waals surface area contributed by atoms with E-state index < -0.39 is 6.03 Å². The molecule has 24 heavy (non-hydrogen) atoms. The Morgan fingerprint density at radius 1 is 1.33 bits per heavy atom. The summed E-state index contributed by atoms with van der Waals surface area (Å²) in [6.45, 7) is 8.48. The number of nitrogens with zero attached hydrogens (tertiary/aromatic N) is 4. The minimum absolute atomic E-state index is 0.482. The van der Waals surface area contributed by atoms with Crippen molar-refractivity contribution in [2.75, 3.05) is 29.9 Å². The molecular formula is C16H24N7O+. The average molecular weight is 330 g/mol. The van der Waals surface area contributed by atoms with Crippen LogP contribution in [-0.2, 0) is 0 Å². The summed E-state index contributed by atoms with van der Waals surface area (Å²) in [5.74, 6) is 0.482. The number of nitrogens with one attached hydrogen (secondary N) is 1. The molecule has 2 amide bonds. The second kappa shape index (κ2) is 7.58. The number of hydrogen-bond acceptors (Lipinski definition) is 5. The highest BCUT2D eigenvalue weighted by molar-refractivity contribution is 6.62. The van der Waals surface area contributed by atoms with E-state index in [4.69, 9.17) is 11.5 Å². The SMILES string of the molecule is CCN(CC)c1ccc(N=C2C=N[N+](CC)=C2N)c(NC(N)=O)c1. The number of benzene rings is 1. The summed E-state index contributed by atoms with van der Waals surface area (Å²) in [5.41, 5.74) is 14.0. The lowest BCUT2D eigenvalue weighted by atomic mass is 10.2. The maximum absolute atomic E-state index is 11.3. The third-order valence-corrected chi connectivity index (χ3v) is 3.77. The fourth-order valence-corrected chi connectivity index (χ4v) is 2.49. The van der Waals surface area contributed by atoms with E-state index in [1.165, 1.54) is 0 Å². The Kier molecular flexibility index (Phi) is 5.51. The number of carbonyl (C=O) groups excluding carboxylic acids is 1. The number of anilines is 2. The van der Waals surface area contributed by atoms with Crippen LogP contribution >= 0.6 is 0 Å². The highest BCUT2D eigenvalue weighted by Crippen LogP contribution is 2.30. The molecule has 0 atom stereocenters. The molecule has 1 aliphatic heterocycles. The van der Waals surface area contributed by atoms with E-state index in [2.05, 4.69) is 34.2 Å². The van der Waals surface area contributed by atoms with E-state index in [0.29, 0.717) is 29.5 Å². The molecule has 0 unspecified atom stereocenters. The summed E-state index contributed by atoms with van der Waals surface area (Å²) >= 11 is 0. The number of hydrazone groups is 1. The molecule has 5 N–H and O–H groups in total. The summed E-state index contributed by atoms with van der Waals surface area (Å²) < 4.78 is 1.66. The fraction of sp³-hybridized carbons (Fsp3) is 0.375. The van der Waals surface area contributed by atoms with Gasteiger partial charge in [0.15, 0.2) is 5.71 Å². The molecule has 0 radical (unpaired) electrons. The number of carbonyl (C=O) groups is 1. The second-order valence-corrected chi connectivity index (χ2v) is 5.21. The predicted molar refractivity (Wildman–Crippen MR) is 98.8 cm³/mol. The number of rotatable bonds is 6. The molecular weight excluding hydrogens is 306 g/mol. The zero-order valence-electron chi connectivity index (χ0n) is 14.3. The van der Waals surface area contributed by atoms with E-state index >= 15 is 0 Å². The fourth-order valence-electron chi connectivity index (χ4n) is 2.49. The van der Waals surface area contributed by atoms with E-state index in [1.807, 2.05) is 25.1 Å². The van der Waals surface area contributed by atoms with Crippen LogP contribution in [0.2, 0.25) is 0 Å². The molecule has 0 saturated heterocycles. The van der Waals surface area contributed by atoms with Gasteiger partial charge in [-0.15, -0.1) is 4.68 Å². The Bertz CT molecular complexity index is 717. The zero-order valence-corrected chi connectivity index (χ0v) is 14.3. The summed E-state index contributed by atoms with van der Waals surface area (Å²) in [6.07, 6.45) is 1.60. The number of hydrogen-bond donors (Lipinski definition) is 3. The van der Waals surface area contributed by atoms with Crippen LogP contribution in [0, 0.1) is 0 Å². The van der Waals surface area contributed by atoms with Gasteiger partial charge in [0, 0.05) is 18.8 Å². The molecule has 1 heterocycles. The number of urea groups is 1. The molecule has 0 aromatic heterocycles. The summed E-state index contributed by atoms with van der Waals surface area (Å²) in [5, 5.41) is 6.80. The first kappa shape index (κ1) is 17.5. The predicted octanol–water partition coefficient (Wildman–Crippen LogP) is 1.48. The minimum atomic E-state index is -0.639. The van der Waals surface area contributed by atoms with Gasteiger partial charge in [-0.2, -0.15) is 0 Å². The van der Waals surface area contributed by atoms with Crippen molar-refractivity contribution in [3.05, 3.63) is 18.2 Å². The molecule has 128 valence electrons. The first-order valence-electron chi connectivity index (χ1n) is 7.98. The molecule has 0 aliphatic carbocycles. The number of amides is 2. The number of nitrogens with two attached hydrogens (primary N) is 2. The first-order valence-corrected chi connectivity index (χ1v) is 7.98. The summed E-state index contributed by atoms with van der Waals surface area (Å²) in [6, 6.07) is 5.01. The largest absolute Gasteiger partial charge is 0.372 e. The standard InChI is InChI=1S/C16H23N7O/c1-4-22(5-2)11-7-8-12(13(9-11)21-16(18)24)20-14-10-19-23(6-3)15(14)17/h7-10H,4-6H2,1-3H3,(H4,17,18,19,21,24)/p+1. The lowest BCUT2D eigenvalue weighted by molar-refractivity contribution is -0.526. The molecule has 1 aromatic rings. The van der Waals surface area contributed by atoms with Crippen LogP contribution in [0.25, 0.3) is 0 Å². The molecule has 8 nitrogen and oxygen atoms in total. The van der Waals surface area contributed by atoms with Gasteiger partial charge in [-0.25, -0.2) is 9.79 Å². The molecule has 2 rings (SSSR count). The van der Waals surface area contributed by atoms with Gasteiger partial charge in [0.05, 0.1) is 11.4 Å². The van der Waals surface area contributed by atoms with Gasteiger partial charge in [0.1, 0.15) is 12.8 Å². The zero-order chi connectivity index (χ0) is 17.7. The molecule has 0 fully saturated rings. The van der Waals surface area contributed by atoms with Gasteiger partial charge in [0.2, 0.25) is 0 Å². The third kappa shape index (κ3) is 3.70. The van der Waals surface area contributed by atoms with Crippen LogP contribution < -0.4 is 21.7 Å². The van der Waals surface area contributed by atoms with E-state index in [1.54, 1.807) is 10.9 Å². The van der Waals surface area contributed by atoms with Gasteiger partial charge in [0.25, 0.3) is 0 Å². The highest BCUT2D eigenvalue weighted by atomic mass is 16.2. The number of primary amides is 1. The van der Waals surface area contributed by atoms with Gasteiger partial charge in [-0.1, -0.05) is 5.10 Å². The summed E-state index contributed by atoms with van der Waals surface area (Å²) in [7, 11) is 0. The molecule has 0 saturated carbocycles. The van der Waals surface area contributed by atoms with E-state index in [9.17, 15) is 4.79 Å². The highest BCUT2D eigenvalue weighted by Gasteiger charge is 2.21. The Hall–Kier alpha value is -2.90. The molecule has 8 heteroatoms. The number of amidine groups is 1. The van der Waals surface area contributed by atoms with E-state index in [-0.39, 0.29) is 0 Å². The van der Waals surface area contributed by atoms with Crippen molar-refractivity contribution < 1.29 is 9.48 Å². The van der Waals surface area contributed by atoms with Crippen LogP contribution in [-0.4, -0.2) is 48.1 Å². The third-order valence-electron chi connectivity index (χ3n) is 3.77. The Labute approximate surface area is 141 Å². The maximum Gasteiger partial charge on any atom is 0.321 e. The quantitative estimate of drug-likeness (QED) is 0.687.